The first kappa shape index (κ1) is 26.5. The Hall–Kier alpha value is 0.500. The van der Waals surface area contributed by atoms with E-state index in [1.807, 2.05) is 27.7 Å². The van der Waals surface area contributed by atoms with Crippen molar-refractivity contribution in [3.05, 3.63) is 0 Å². The molecule has 0 aromatic heterocycles. The lowest BCUT2D eigenvalue weighted by Gasteiger charge is -2.27. The van der Waals surface area contributed by atoms with Crippen LogP contribution in [0.2, 0.25) is 0 Å². The van der Waals surface area contributed by atoms with E-state index in [0.717, 1.165) is 38.5 Å². The van der Waals surface area contributed by atoms with E-state index in [4.69, 9.17) is 46.4 Å². The van der Waals surface area contributed by atoms with Gasteiger partial charge in [-0.25, -0.2) is 0 Å². The highest BCUT2D eigenvalue weighted by atomic mass is 35.5. The molecule has 154 valence electrons. The first-order chi connectivity index (χ1) is 11.9. The van der Waals surface area contributed by atoms with Gasteiger partial charge in [-0.2, -0.15) is 0 Å². The predicted molar refractivity (Wildman–Crippen MR) is 115 cm³/mol. The summed E-state index contributed by atoms with van der Waals surface area (Å²) < 4.78 is 0. The Labute approximate surface area is 179 Å². The zero-order chi connectivity index (χ0) is 20.4. The lowest BCUT2D eigenvalue weighted by molar-refractivity contribution is -0.113. The van der Waals surface area contributed by atoms with Crippen molar-refractivity contribution in [3.8, 4) is 0 Å². The molecular weight excluding hydrogens is 414 g/mol. The van der Waals surface area contributed by atoms with Crippen LogP contribution in [0, 0.1) is 10.8 Å². The van der Waals surface area contributed by atoms with Gasteiger partial charge in [0.1, 0.15) is 10.8 Å². The monoisotopic (exact) mass is 446 g/mol. The van der Waals surface area contributed by atoms with Crippen LogP contribution in [0.1, 0.15) is 91.9 Å². The Bertz CT molecular complexity index is 396. The van der Waals surface area contributed by atoms with E-state index >= 15 is 0 Å². The van der Waals surface area contributed by atoms with Gasteiger partial charge >= 0.3 is 0 Å². The Morgan fingerprint density at radius 1 is 0.615 bits per heavy atom. The number of carbonyl (C=O) groups excluding carboxylic acids is 2. The molecule has 0 radical (unpaired) electrons. The van der Waals surface area contributed by atoms with Crippen molar-refractivity contribution in [2.45, 2.75) is 103 Å². The van der Waals surface area contributed by atoms with Crippen molar-refractivity contribution in [2.24, 2.45) is 10.8 Å². The van der Waals surface area contributed by atoms with Crippen molar-refractivity contribution in [1.29, 1.82) is 0 Å². The lowest BCUT2D eigenvalue weighted by Crippen LogP contribution is -2.29. The van der Waals surface area contributed by atoms with Crippen LogP contribution in [-0.2, 0) is 9.59 Å². The zero-order valence-electron chi connectivity index (χ0n) is 16.6. The summed E-state index contributed by atoms with van der Waals surface area (Å²) in [5.41, 5.74) is -0.504. The van der Waals surface area contributed by atoms with Crippen molar-refractivity contribution >= 4 is 56.9 Å². The van der Waals surface area contributed by atoms with Gasteiger partial charge in [0.05, 0.1) is 0 Å². The van der Waals surface area contributed by atoms with Crippen LogP contribution < -0.4 is 0 Å². The zero-order valence-corrected chi connectivity index (χ0v) is 19.6. The molecule has 0 amide bonds. The van der Waals surface area contributed by atoms with Gasteiger partial charge in [-0.3, -0.25) is 9.59 Å². The normalized spacial score (nSPS) is 14.9. The minimum absolute atomic E-state index is 0.252. The van der Waals surface area contributed by atoms with Crippen LogP contribution in [0.4, 0.5) is 0 Å². The number of carbonyl (C=O) groups is 2. The van der Waals surface area contributed by atoms with E-state index in [1.165, 1.54) is 25.7 Å². The van der Waals surface area contributed by atoms with Gasteiger partial charge in [0, 0.05) is 0 Å². The van der Waals surface area contributed by atoms with Crippen LogP contribution >= 0.6 is 46.4 Å². The van der Waals surface area contributed by atoms with Gasteiger partial charge in [0.2, 0.25) is 10.5 Å². The standard InChI is InChI=1S/C20H34Cl4O2/c1-19(2,15(21)17(23)25)13-11-9-7-5-6-8-10-12-14-20(3,4)16(22)18(24)26/h15-16H,5-14H2,1-4H3. The fraction of sp³-hybridized carbons (Fsp3) is 0.900. The third-order valence-electron chi connectivity index (χ3n) is 5.16. The van der Waals surface area contributed by atoms with E-state index in [-0.39, 0.29) is 10.8 Å². The average Bonchev–Trinajstić information content (AvgIpc) is 2.54. The van der Waals surface area contributed by atoms with E-state index in [0.29, 0.717) is 0 Å². The third kappa shape index (κ3) is 10.7. The maximum absolute atomic E-state index is 11.2. The molecule has 0 aliphatic heterocycles. The Kier molecular flexibility index (Phi) is 13.1. The van der Waals surface area contributed by atoms with Gasteiger partial charge in [0.25, 0.3) is 0 Å². The van der Waals surface area contributed by atoms with E-state index in [2.05, 4.69) is 0 Å². The fourth-order valence-corrected chi connectivity index (χ4v) is 3.90. The molecule has 0 rings (SSSR count). The highest BCUT2D eigenvalue weighted by Gasteiger charge is 2.32. The van der Waals surface area contributed by atoms with Gasteiger partial charge < -0.3 is 0 Å². The Morgan fingerprint density at radius 3 is 1.08 bits per heavy atom. The Balaban J connectivity index is 3.69. The molecule has 26 heavy (non-hydrogen) atoms. The first-order valence-corrected chi connectivity index (χ1v) is 11.2. The number of rotatable bonds is 15. The molecule has 0 spiro atoms. The van der Waals surface area contributed by atoms with Gasteiger partial charge in [-0.1, -0.05) is 79.1 Å². The number of halogens is 4. The van der Waals surface area contributed by atoms with Crippen molar-refractivity contribution in [2.75, 3.05) is 0 Å². The van der Waals surface area contributed by atoms with Gasteiger partial charge in [0.15, 0.2) is 0 Å². The summed E-state index contributed by atoms with van der Waals surface area (Å²) in [6.07, 6.45) is 11.1. The molecule has 2 atom stereocenters. The summed E-state index contributed by atoms with van der Waals surface area (Å²) in [5.74, 6) is 0. The second-order valence-electron chi connectivity index (χ2n) is 8.64. The molecule has 0 saturated carbocycles. The maximum atomic E-state index is 11.2. The molecule has 2 nitrogen and oxygen atoms in total. The molecule has 0 N–H and O–H groups in total. The summed E-state index contributed by atoms with van der Waals surface area (Å²) in [7, 11) is 0. The maximum Gasteiger partial charge on any atom is 0.240 e. The van der Waals surface area contributed by atoms with Gasteiger partial charge in [-0.15, -0.1) is 23.2 Å². The molecule has 6 heteroatoms. The second kappa shape index (κ2) is 12.9. The molecule has 2 unspecified atom stereocenters. The Morgan fingerprint density at radius 2 is 0.846 bits per heavy atom. The highest BCUT2D eigenvalue weighted by molar-refractivity contribution is 6.69. The molecule has 0 aromatic rings. The number of unbranched alkanes of at least 4 members (excludes halogenated alkanes) is 7. The third-order valence-corrected chi connectivity index (χ3v) is 7.40. The lowest BCUT2D eigenvalue weighted by atomic mass is 9.83. The summed E-state index contributed by atoms with van der Waals surface area (Å²) in [5, 5.41) is -2.16. The largest absolute Gasteiger partial charge is 0.280 e. The average molecular weight is 448 g/mol. The van der Waals surface area contributed by atoms with Crippen molar-refractivity contribution < 1.29 is 9.59 Å². The smallest absolute Gasteiger partial charge is 0.240 e. The van der Waals surface area contributed by atoms with Crippen LogP contribution in [0.3, 0.4) is 0 Å². The van der Waals surface area contributed by atoms with Crippen molar-refractivity contribution in [1.82, 2.24) is 0 Å². The van der Waals surface area contributed by atoms with Crippen LogP contribution in [0.15, 0.2) is 0 Å². The summed E-state index contributed by atoms with van der Waals surface area (Å²) in [4.78, 5) is 22.4. The molecule has 0 aliphatic rings. The predicted octanol–water partition coefficient (Wildman–Crippen LogP) is 7.69. The molecule has 0 fully saturated rings. The molecule has 0 saturated heterocycles. The van der Waals surface area contributed by atoms with Gasteiger partial charge in [-0.05, 0) is 46.9 Å². The van der Waals surface area contributed by atoms with E-state index in [9.17, 15) is 9.59 Å². The molecule has 0 heterocycles. The quantitative estimate of drug-likeness (QED) is 0.146. The number of hydrogen-bond acceptors (Lipinski definition) is 2. The first-order valence-electron chi connectivity index (χ1n) is 9.58. The summed E-state index contributed by atoms with van der Waals surface area (Å²) in [6, 6.07) is 0. The molecule has 0 aliphatic carbocycles. The molecular formula is C20H34Cl4O2. The van der Waals surface area contributed by atoms with Crippen molar-refractivity contribution in [3.63, 3.8) is 0 Å². The number of hydrogen-bond donors (Lipinski definition) is 0. The topological polar surface area (TPSA) is 34.1 Å². The minimum atomic E-state index is -0.616. The molecule has 0 bridgehead atoms. The summed E-state index contributed by atoms with van der Waals surface area (Å²) >= 11 is 23.1. The van der Waals surface area contributed by atoms with Crippen LogP contribution in [-0.4, -0.2) is 21.2 Å². The van der Waals surface area contributed by atoms with Crippen LogP contribution in [0.25, 0.3) is 0 Å². The van der Waals surface area contributed by atoms with Crippen LogP contribution in [0.5, 0.6) is 0 Å². The minimum Gasteiger partial charge on any atom is -0.280 e. The summed E-state index contributed by atoms with van der Waals surface area (Å²) in [6.45, 7) is 7.98. The SMILES string of the molecule is CC(C)(CCCCCCCCCCC(C)(C)C(Cl)C(=O)Cl)C(Cl)C(=O)Cl. The fourth-order valence-electron chi connectivity index (χ4n) is 3.09. The van der Waals surface area contributed by atoms with E-state index in [1.54, 1.807) is 0 Å². The van der Waals surface area contributed by atoms with E-state index < -0.39 is 21.2 Å². The molecule has 0 aromatic carbocycles. The second-order valence-corrected chi connectivity index (χ2v) is 10.3. The highest BCUT2D eigenvalue weighted by Crippen LogP contribution is 2.34. The number of alkyl halides is 2.